The second kappa shape index (κ2) is 8.00. The van der Waals surface area contributed by atoms with Crippen molar-refractivity contribution in [3.8, 4) is 17.2 Å². The van der Waals surface area contributed by atoms with Gasteiger partial charge >= 0.3 is 5.97 Å². The van der Waals surface area contributed by atoms with Gasteiger partial charge in [-0.05, 0) is 30.7 Å². The highest BCUT2D eigenvalue weighted by Crippen LogP contribution is 2.37. The minimum absolute atomic E-state index is 0.0202. The number of methoxy groups -OCH3 is 1. The lowest BCUT2D eigenvalue weighted by molar-refractivity contribution is 0.0526. The molecule has 0 aliphatic heterocycles. The van der Waals surface area contributed by atoms with Crippen molar-refractivity contribution in [1.29, 1.82) is 0 Å². The van der Waals surface area contributed by atoms with E-state index >= 15 is 0 Å². The van der Waals surface area contributed by atoms with Crippen molar-refractivity contribution in [2.75, 3.05) is 19.0 Å². The molecule has 1 N–H and O–H groups in total. The fourth-order valence-corrected chi connectivity index (χ4v) is 2.50. The zero-order valence-electron chi connectivity index (χ0n) is 14.8. The molecule has 1 aromatic carbocycles. The highest BCUT2D eigenvalue weighted by molar-refractivity contribution is 6.28. The Labute approximate surface area is 159 Å². The van der Waals surface area contributed by atoms with Crippen LogP contribution in [0.1, 0.15) is 23.2 Å². The third-order valence-electron chi connectivity index (χ3n) is 3.48. The van der Waals surface area contributed by atoms with Crippen LogP contribution in [0.25, 0.3) is 11.5 Å². The van der Waals surface area contributed by atoms with Gasteiger partial charge in [0.2, 0.25) is 11.2 Å². The molecule has 0 fully saturated rings. The minimum Gasteiger partial charge on any atom is -0.494 e. The van der Waals surface area contributed by atoms with Crippen LogP contribution in [0.2, 0.25) is 5.28 Å². The molecule has 0 aliphatic carbocycles. The summed E-state index contributed by atoms with van der Waals surface area (Å²) in [6, 6.07) is 5.29. The Hall–Kier alpha value is -3.20. The molecule has 140 valence electrons. The zero-order valence-corrected chi connectivity index (χ0v) is 15.6. The number of benzene rings is 1. The lowest BCUT2D eigenvalue weighted by Crippen LogP contribution is -2.10. The van der Waals surface area contributed by atoms with E-state index in [4.69, 9.17) is 25.5 Å². The molecule has 0 radical (unpaired) electrons. The van der Waals surface area contributed by atoms with Crippen molar-refractivity contribution in [2.45, 2.75) is 13.8 Å². The Balaban J connectivity index is 2.04. The van der Waals surface area contributed by atoms with Crippen molar-refractivity contribution in [3.63, 3.8) is 0 Å². The normalized spacial score (nSPS) is 10.5. The van der Waals surface area contributed by atoms with Crippen molar-refractivity contribution in [1.82, 2.24) is 20.2 Å². The van der Waals surface area contributed by atoms with E-state index in [1.807, 2.05) is 0 Å². The maximum Gasteiger partial charge on any atom is 0.343 e. The smallest absolute Gasteiger partial charge is 0.343 e. The van der Waals surface area contributed by atoms with Gasteiger partial charge in [0.25, 0.3) is 5.89 Å². The summed E-state index contributed by atoms with van der Waals surface area (Å²) in [7, 11) is 1.51. The van der Waals surface area contributed by atoms with Crippen molar-refractivity contribution >= 4 is 29.1 Å². The van der Waals surface area contributed by atoms with E-state index in [-0.39, 0.29) is 23.3 Å². The Kier molecular flexibility index (Phi) is 5.51. The first-order valence-corrected chi connectivity index (χ1v) is 8.35. The van der Waals surface area contributed by atoms with Crippen molar-refractivity contribution in [3.05, 3.63) is 41.1 Å². The number of aromatic nitrogens is 4. The van der Waals surface area contributed by atoms with E-state index in [1.165, 1.54) is 13.3 Å². The number of nitrogens with zero attached hydrogens (tertiary/aromatic N) is 4. The Morgan fingerprint density at radius 1 is 1.33 bits per heavy atom. The number of hydrogen-bond donors (Lipinski definition) is 1. The Morgan fingerprint density at radius 2 is 2.15 bits per heavy atom. The van der Waals surface area contributed by atoms with E-state index < -0.39 is 5.97 Å². The molecule has 0 saturated carbocycles. The molecule has 0 amide bonds. The summed E-state index contributed by atoms with van der Waals surface area (Å²) >= 11 is 5.89. The number of carbonyl (C=O) groups is 1. The third kappa shape index (κ3) is 3.98. The number of halogens is 1. The summed E-state index contributed by atoms with van der Waals surface area (Å²) in [6.45, 7) is 3.62. The molecule has 0 saturated heterocycles. The van der Waals surface area contributed by atoms with Crippen LogP contribution >= 0.6 is 11.6 Å². The maximum absolute atomic E-state index is 12.2. The fourth-order valence-electron chi connectivity index (χ4n) is 2.37. The van der Waals surface area contributed by atoms with Gasteiger partial charge in [-0.15, -0.1) is 10.2 Å². The summed E-state index contributed by atoms with van der Waals surface area (Å²) in [4.78, 5) is 20.1. The van der Waals surface area contributed by atoms with E-state index in [1.54, 1.807) is 32.0 Å². The highest BCUT2D eigenvalue weighted by atomic mass is 35.5. The summed E-state index contributed by atoms with van der Waals surface area (Å²) in [5.74, 6) is 0.785. The van der Waals surface area contributed by atoms with Gasteiger partial charge in [-0.1, -0.05) is 6.07 Å². The summed E-state index contributed by atoms with van der Waals surface area (Å²) in [6.07, 6.45) is 1.30. The van der Waals surface area contributed by atoms with Gasteiger partial charge in [-0.3, -0.25) is 0 Å². The average Bonchev–Trinajstić information content (AvgIpc) is 3.08. The number of para-hydroxylation sites is 1. The predicted molar refractivity (Wildman–Crippen MR) is 97.3 cm³/mol. The van der Waals surface area contributed by atoms with Crippen LogP contribution in [0.3, 0.4) is 0 Å². The predicted octanol–water partition coefficient (Wildman–Crippen LogP) is 3.42. The number of nitrogens with one attached hydrogen (secondary N) is 1. The van der Waals surface area contributed by atoms with Gasteiger partial charge in [-0.2, -0.15) is 4.98 Å². The quantitative estimate of drug-likeness (QED) is 0.500. The van der Waals surface area contributed by atoms with Crippen LogP contribution < -0.4 is 10.1 Å². The topological polar surface area (TPSA) is 112 Å². The summed E-state index contributed by atoms with van der Waals surface area (Å²) < 4.78 is 16.0. The molecule has 0 bridgehead atoms. The minimum atomic E-state index is -0.570. The molecule has 10 heteroatoms. The second-order valence-corrected chi connectivity index (χ2v) is 5.60. The largest absolute Gasteiger partial charge is 0.494 e. The molecule has 2 heterocycles. The van der Waals surface area contributed by atoms with Crippen LogP contribution in [0.15, 0.2) is 28.8 Å². The first-order valence-electron chi connectivity index (χ1n) is 7.97. The van der Waals surface area contributed by atoms with Crippen LogP contribution in [0.5, 0.6) is 5.75 Å². The van der Waals surface area contributed by atoms with Gasteiger partial charge in [0.15, 0.2) is 5.75 Å². The van der Waals surface area contributed by atoms with Gasteiger partial charge in [0, 0.05) is 13.1 Å². The number of esters is 1. The number of hydrogen-bond acceptors (Lipinski definition) is 9. The lowest BCUT2D eigenvalue weighted by atomic mass is 10.1. The van der Waals surface area contributed by atoms with Gasteiger partial charge < -0.3 is 19.2 Å². The van der Waals surface area contributed by atoms with E-state index in [0.717, 1.165) is 0 Å². The first-order chi connectivity index (χ1) is 13.0. The summed E-state index contributed by atoms with van der Waals surface area (Å²) in [5, 5.41) is 10.9. The highest BCUT2D eigenvalue weighted by Gasteiger charge is 2.20. The average molecular weight is 390 g/mol. The molecule has 0 aliphatic rings. The molecule has 2 aromatic heterocycles. The molecule has 0 atom stereocenters. The number of ether oxygens (including phenoxy) is 2. The van der Waals surface area contributed by atoms with Crippen LogP contribution in [0, 0.1) is 6.92 Å². The van der Waals surface area contributed by atoms with E-state index in [9.17, 15) is 4.79 Å². The third-order valence-corrected chi connectivity index (χ3v) is 3.67. The summed E-state index contributed by atoms with van der Waals surface area (Å²) in [5.41, 5.74) is 1.24. The second-order valence-electron chi connectivity index (χ2n) is 5.26. The van der Waals surface area contributed by atoms with Gasteiger partial charge in [-0.25, -0.2) is 9.78 Å². The standard InChI is InChI=1S/C17H16ClN5O4/c1-4-26-16(24)11-8-19-17(18)21-14(11)20-12-7-5-6-10(13(12)25-3)15-23-22-9(2)27-15/h5-8H,4H2,1-3H3,(H,19,20,21). The molecular formula is C17H16ClN5O4. The van der Waals surface area contributed by atoms with Crippen LogP contribution in [-0.2, 0) is 4.74 Å². The number of aryl methyl sites for hydroxylation is 1. The van der Waals surface area contributed by atoms with Crippen molar-refractivity contribution < 1.29 is 18.7 Å². The molecule has 27 heavy (non-hydrogen) atoms. The first kappa shape index (κ1) is 18.6. The number of rotatable bonds is 6. The maximum atomic E-state index is 12.2. The number of carbonyl (C=O) groups excluding carboxylic acids is 1. The van der Waals surface area contributed by atoms with Crippen molar-refractivity contribution in [2.24, 2.45) is 0 Å². The molecule has 9 nitrogen and oxygen atoms in total. The molecule has 3 rings (SSSR count). The zero-order chi connectivity index (χ0) is 19.4. The Bertz CT molecular complexity index is 976. The molecular weight excluding hydrogens is 374 g/mol. The van der Waals surface area contributed by atoms with E-state index in [2.05, 4.69) is 25.5 Å². The van der Waals surface area contributed by atoms with Crippen LogP contribution in [-0.4, -0.2) is 39.9 Å². The molecule has 0 unspecified atom stereocenters. The molecule has 3 aromatic rings. The van der Waals surface area contributed by atoms with Crippen LogP contribution in [0.4, 0.5) is 11.5 Å². The SMILES string of the molecule is CCOC(=O)c1cnc(Cl)nc1Nc1cccc(-c2nnc(C)o2)c1OC. The number of anilines is 2. The monoisotopic (exact) mass is 389 g/mol. The van der Waals surface area contributed by atoms with Gasteiger partial charge in [0.05, 0.1) is 25.0 Å². The fraction of sp³-hybridized carbons (Fsp3) is 0.235. The van der Waals surface area contributed by atoms with Gasteiger partial charge in [0.1, 0.15) is 11.4 Å². The molecule has 0 spiro atoms. The lowest BCUT2D eigenvalue weighted by Gasteiger charge is -2.14. The van der Waals surface area contributed by atoms with E-state index in [0.29, 0.717) is 28.8 Å². The Morgan fingerprint density at radius 3 is 2.81 bits per heavy atom.